The van der Waals surface area contributed by atoms with E-state index >= 15 is 0 Å². The Morgan fingerprint density at radius 3 is 2.68 bits per heavy atom. The van der Waals surface area contributed by atoms with Gasteiger partial charge in [-0.25, -0.2) is 4.79 Å². The molecule has 0 bridgehead atoms. The zero-order valence-corrected chi connectivity index (χ0v) is 15.6. The lowest BCUT2D eigenvalue weighted by molar-refractivity contribution is -0.166. The highest BCUT2D eigenvalue weighted by Crippen LogP contribution is 2.31. The van der Waals surface area contributed by atoms with Crippen LogP contribution < -0.4 is 0 Å². The van der Waals surface area contributed by atoms with Crippen LogP contribution in [0, 0.1) is 0 Å². The van der Waals surface area contributed by atoms with E-state index in [0.29, 0.717) is 44.1 Å². The number of carbonyl (C=O) groups excluding carboxylic acids is 1. The Morgan fingerprint density at radius 1 is 1.32 bits per heavy atom. The van der Waals surface area contributed by atoms with E-state index in [1.807, 2.05) is 26.0 Å². The normalized spacial score (nSPS) is 23.8. The quantitative estimate of drug-likeness (QED) is 0.439. The number of rotatable bonds is 9. The standard InChI is InChI=1S/C20H32O5/c1-15(11-13-21)9-10-18(23)20(3)12-5-8-17(19(24)25-20)7-4-6-16(2)14-22/h6,8,11,18,21-23H,4-5,7,9-10,12-14H2,1-3H3/b15-11-,16-6-/t18-,20-/m1/s1. The van der Waals surface area contributed by atoms with Gasteiger partial charge in [-0.05, 0) is 59.3 Å². The minimum Gasteiger partial charge on any atom is -0.453 e. The molecule has 0 saturated carbocycles. The molecule has 5 nitrogen and oxygen atoms in total. The summed E-state index contributed by atoms with van der Waals surface area (Å²) in [6.45, 7) is 5.56. The average molecular weight is 352 g/mol. The molecule has 1 rings (SSSR count). The van der Waals surface area contributed by atoms with Crippen LogP contribution in [0.25, 0.3) is 0 Å². The molecule has 0 aromatic carbocycles. The van der Waals surface area contributed by atoms with Gasteiger partial charge >= 0.3 is 5.97 Å². The molecule has 1 heterocycles. The number of carbonyl (C=O) groups is 1. The molecule has 1 aliphatic heterocycles. The largest absolute Gasteiger partial charge is 0.453 e. The average Bonchev–Trinajstić information content (AvgIpc) is 2.72. The van der Waals surface area contributed by atoms with Crippen molar-refractivity contribution >= 4 is 5.97 Å². The number of esters is 1. The van der Waals surface area contributed by atoms with Gasteiger partial charge in [0.2, 0.25) is 0 Å². The highest BCUT2D eigenvalue weighted by atomic mass is 16.6. The molecule has 142 valence electrons. The van der Waals surface area contributed by atoms with Gasteiger partial charge in [0.15, 0.2) is 0 Å². The number of ether oxygens (including phenoxy) is 1. The molecule has 25 heavy (non-hydrogen) atoms. The Kier molecular flexibility index (Phi) is 9.11. The van der Waals surface area contributed by atoms with Crippen molar-refractivity contribution in [2.75, 3.05) is 13.2 Å². The second kappa shape index (κ2) is 10.5. The zero-order chi connectivity index (χ0) is 18.9. The minimum absolute atomic E-state index is 0.00827. The maximum atomic E-state index is 12.4. The van der Waals surface area contributed by atoms with Crippen molar-refractivity contribution in [2.45, 2.75) is 71.0 Å². The van der Waals surface area contributed by atoms with Gasteiger partial charge in [0.05, 0.1) is 19.3 Å². The summed E-state index contributed by atoms with van der Waals surface area (Å²) in [6.07, 6.45) is 8.44. The SMILES string of the molecule is C/C(=C/CCC1=CCC[C@](C)([C@H](O)CC/C(C)=C\CO)OC1=O)CO. The molecular weight excluding hydrogens is 320 g/mol. The summed E-state index contributed by atoms with van der Waals surface area (Å²) in [5.74, 6) is -0.364. The van der Waals surface area contributed by atoms with Gasteiger partial charge in [0.25, 0.3) is 0 Å². The predicted molar refractivity (Wildman–Crippen MR) is 98.0 cm³/mol. The van der Waals surface area contributed by atoms with E-state index in [0.717, 1.165) is 11.1 Å². The molecule has 0 radical (unpaired) electrons. The van der Waals surface area contributed by atoms with Gasteiger partial charge in [-0.15, -0.1) is 0 Å². The fourth-order valence-electron chi connectivity index (χ4n) is 2.85. The van der Waals surface area contributed by atoms with Crippen LogP contribution >= 0.6 is 0 Å². The lowest BCUT2D eigenvalue weighted by atomic mass is 9.89. The highest BCUT2D eigenvalue weighted by Gasteiger charge is 2.38. The van der Waals surface area contributed by atoms with Gasteiger partial charge < -0.3 is 20.1 Å². The third-order valence-corrected chi connectivity index (χ3v) is 4.73. The van der Waals surface area contributed by atoms with E-state index in [1.165, 1.54) is 0 Å². The molecule has 5 heteroatoms. The van der Waals surface area contributed by atoms with E-state index in [-0.39, 0.29) is 19.2 Å². The van der Waals surface area contributed by atoms with Crippen LogP contribution in [0.5, 0.6) is 0 Å². The second-order valence-corrected chi connectivity index (χ2v) is 7.01. The molecule has 1 aliphatic rings. The van der Waals surface area contributed by atoms with Crippen LogP contribution in [0.15, 0.2) is 34.9 Å². The van der Waals surface area contributed by atoms with E-state index in [4.69, 9.17) is 14.9 Å². The zero-order valence-electron chi connectivity index (χ0n) is 15.6. The second-order valence-electron chi connectivity index (χ2n) is 7.01. The first-order valence-corrected chi connectivity index (χ1v) is 8.95. The molecule has 2 atom stereocenters. The molecule has 0 spiro atoms. The highest BCUT2D eigenvalue weighted by molar-refractivity contribution is 5.89. The Labute approximate surface area is 150 Å². The van der Waals surface area contributed by atoms with Crippen molar-refractivity contribution < 1.29 is 24.9 Å². The number of hydrogen-bond acceptors (Lipinski definition) is 5. The summed E-state index contributed by atoms with van der Waals surface area (Å²) in [5, 5.41) is 28.4. The number of allylic oxidation sites excluding steroid dienone is 3. The first-order chi connectivity index (χ1) is 11.8. The summed E-state index contributed by atoms with van der Waals surface area (Å²) in [6, 6.07) is 0. The van der Waals surface area contributed by atoms with Crippen molar-refractivity contribution in [1.29, 1.82) is 0 Å². The topological polar surface area (TPSA) is 87.0 Å². The molecule has 0 saturated heterocycles. The smallest absolute Gasteiger partial charge is 0.334 e. The van der Waals surface area contributed by atoms with Gasteiger partial charge in [-0.3, -0.25) is 0 Å². The van der Waals surface area contributed by atoms with Gasteiger partial charge in [-0.2, -0.15) is 0 Å². The van der Waals surface area contributed by atoms with Crippen LogP contribution in [0.3, 0.4) is 0 Å². The minimum atomic E-state index is -0.897. The van der Waals surface area contributed by atoms with Crippen molar-refractivity contribution in [1.82, 2.24) is 0 Å². The molecule has 0 unspecified atom stereocenters. The van der Waals surface area contributed by atoms with Crippen LogP contribution in [0.4, 0.5) is 0 Å². The van der Waals surface area contributed by atoms with Crippen LogP contribution in [-0.2, 0) is 9.53 Å². The maximum absolute atomic E-state index is 12.4. The first-order valence-electron chi connectivity index (χ1n) is 8.95. The molecule has 0 aromatic rings. The van der Waals surface area contributed by atoms with Gasteiger partial charge in [-0.1, -0.05) is 29.4 Å². The monoisotopic (exact) mass is 352 g/mol. The summed E-state index contributed by atoms with van der Waals surface area (Å²) in [5.41, 5.74) is 1.63. The Balaban J connectivity index is 2.63. The third-order valence-electron chi connectivity index (χ3n) is 4.73. The van der Waals surface area contributed by atoms with Crippen molar-refractivity contribution in [3.63, 3.8) is 0 Å². The lowest BCUT2D eigenvalue weighted by Crippen LogP contribution is -2.43. The van der Waals surface area contributed by atoms with Gasteiger partial charge in [0.1, 0.15) is 5.60 Å². The van der Waals surface area contributed by atoms with Gasteiger partial charge in [0, 0.05) is 5.57 Å². The number of cyclic esters (lactones) is 1. The number of hydrogen-bond donors (Lipinski definition) is 3. The van der Waals surface area contributed by atoms with E-state index < -0.39 is 11.7 Å². The van der Waals surface area contributed by atoms with Crippen molar-refractivity contribution in [3.8, 4) is 0 Å². The first kappa shape index (κ1) is 21.6. The molecule has 0 aliphatic carbocycles. The Morgan fingerprint density at radius 2 is 2.04 bits per heavy atom. The van der Waals surface area contributed by atoms with Crippen molar-refractivity contribution in [3.05, 3.63) is 34.9 Å². The Hall–Kier alpha value is -1.43. The number of aliphatic hydroxyl groups excluding tert-OH is 3. The van der Waals surface area contributed by atoms with Crippen LogP contribution in [0.2, 0.25) is 0 Å². The van der Waals surface area contributed by atoms with E-state index in [2.05, 4.69) is 0 Å². The molecule has 3 N–H and O–H groups in total. The maximum Gasteiger partial charge on any atom is 0.334 e. The molecule has 0 fully saturated rings. The lowest BCUT2D eigenvalue weighted by Gasteiger charge is -2.33. The summed E-state index contributed by atoms with van der Waals surface area (Å²) in [4.78, 5) is 12.4. The van der Waals surface area contributed by atoms with Crippen molar-refractivity contribution in [2.24, 2.45) is 0 Å². The van der Waals surface area contributed by atoms with Crippen LogP contribution in [0.1, 0.15) is 59.3 Å². The van der Waals surface area contributed by atoms with E-state index in [9.17, 15) is 9.90 Å². The summed E-state index contributed by atoms with van der Waals surface area (Å²) >= 11 is 0. The molecular formula is C20H32O5. The predicted octanol–water partition coefficient (Wildman–Crippen LogP) is 2.81. The third kappa shape index (κ3) is 7.14. The Bertz CT molecular complexity index is 532. The summed E-state index contributed by atoms with van der Waals surface area (Å²) in [7, 11) is 0. The fourth-order valence-corrected chi connectivity index (χ4v) is 2.85. The van der Waals surface area contributed by atoms with E-state index in [1.54, 1.807) is 13.0 Å². The van der Waals surface area contributed by atoms with Crippen LogP contribution in [-0.4, -0.2) is 46.2 Å². The molecule has 0 amide bonds. The molecule has 0 aromatic heterocycles. The fraction of sp³-hybridized carbons (Fsp3) is 0.650. The summed E-state index contributed by atoms with van der Waals surface area (Å²) < 4.78 is 5.65. The number of aliphatic hydroxyl groups is 3.